The Morgan fingerprint density at radius 2 is 1.86 bits per heavy atom. The molecule has 5 heteroatoms. The van der Waals surface area contributed by atoms with Crippen molar-refractivity contribution in [2.45, 2.75) is 44.8 Å². The summed E-state index contributed by atoms with van der Waals surface area (Å²) in [5, 5.41) is 0. The molecule has 4 rings (SSSR count). The number of nitrogens with zero attached hydrogens (tertiary/aromatic N) is 2. The standard InChI is InChI=1S/C17H17F3N2/c1-10-11-6-2-4-8-13(11)22-14-9-5-3-7-12(14)21-16(15(10)22)17(18,19)20/h3,5,7,9,11,13H,2,4,6,8H2,1H3/t11-,13-/m1/s1. The highest BCUT2D eigenvalue weighted by molar-refractivity contribution is 6.12. The molecule has 0 bridgehead atoms. The maximum absolute atomic E-state index is 13.5. The van der Waals surface area contributed by atoms with E-state index >= 15 is 0 Å². The summed E-state index contributed by atoms with van der Waals surface area (Å²) in [5.74, 6) is 0.224. The Bertz CT molecular complexity index is 687. The van der Waals surface area contributed by atoms with Crippen molar-refractivity contribution in [2.24, 2.45) is 10.9 Å². The second-order valence-electron chi connectivity index (χ2n) is 6.31. The quantitative estimate of drug-likeness (QED) is 0.659. The molecule has 1 aliphatic carbocycles. The van der Waals surface area contributed by atoms with Gasteiger partial charge in [0.15, 0.2) is 5.71 Å². The number of alkyl halides is 3. The second-order valence-corrected chi connectivity index (χ2v) is 6.31. The predicted molar refractivity (Wildman–Crippen MR) is 80.5 cm³/mol. The molecule has 1 fully saturated rings. The average Bonchev–Trinajstić information content (AvgIpc) is 2.80. The Kier molecular flexibility index (Phi) is 2.90. The first kappa shape index (κ1) is 13.9. The Balaban J connectivity index is 1.95. The van der Waals surface area contributed by atoms with Gasteiger partial charge in [-0.15, -0.1) is 0 Å². The zero-order valence-corrected chi connectivity index (χ0v) is 12.3. The molecule has 0 saturated heterocycles. The van der Waals surface area contributed by atoms with E-state index in [4.69, 9.17) is 0 Å². The summed E-state index contributed by atoms with van der Waals surface area (Å²) in [6.07, 6.45) is -0.316. The van der Waals surface area contributed by atoms with Gasteiger partial charge in [0.05, 0.1) is 17.1 Å². The molecule has 0 radical (unpaired) electrons. The maximum Gasteiger partial charge on any atom is 0.435 e. The molecule has 3 aliphatic rings. The number of aliphatic imine (C=N–C) groups is 1. The van der Waals surface area contributed by atoms with Crippen LogP contribution in [0.15, 0.2) is 40.5 Å². The average molecular weight is 306 g/mol. The van der Waals surface area contributed by atoms with Crippen LogP contribution in [0.3, 0.4) is 0 Å². The summed E-state index contributed by atoms with van der Waals surface area (Å²) in [4.78, 5) is 5.88. The van der Waals surface area contributed by atoms with Gasteiger partial charge in [-0.25, -0.2) is 4.99 Å². The molecule has 1 aromatic carbocycles. The lowest BCUT2D eigenvalue weighted by atomic mass is 9.82. The Labute approximate surface area is 127 Å². The number of hydrogen-bond donors (Lipinski definition) is 0. The van der Waals surface area contributed by atoms with Crippen molar-refractivity contribution in [1.29, 1.82) is 0 Å². The van der Waals surface area contributed by atoms with Gasteiger partial charge in [-0.05, 0) is 37.5 Å². The van der Waals surface area contributed by atoms with E-state index in [1.165, 1.54) is 0 Å². The molecule has 2 heterocycles. The lowest BCUT2D eigenvalue weighted by Crippen LogP contribution is -2.42. The number of fused-ring (bicyclic) bond motifs is 5. The molecule has 22 heavy (non-hydrogen) atoms. The minimum atomic E-state index is -4.42. The first-order valence-electron chi connectivity index (χ1n) is 7.74. The van der Waals surface area contributed by atoms with E-state index in [1.807, 2.05) is 24.0 Å². The van der Waals surface area contributed by atoms with Gasteiger partial charge in [0.1, 0.15) is 0 Å². The molecule has 2 atom stereocenters. The first-order chi connectivity index (χ1) is 10.5. The topological polar surface area (TPSA) is 15.6 Å². The predicted octanol–water partition coefficient (Wildman–Crippen LogP) is 4.99. The molecule has 1 saturated carbocycles. The smallest absolute Gasteiger partial charge is 0.334 e. The van der Waals surface area contributed by atoms with Gasteiger partial charge >= 0.3 is 6.18 Å². The Morgan fingerprint density at radius 1 is 1.14 bits per heavy atom. The van der Waals surface area contributed by atoms with Crippen molar-refractivity contribution >= 4 is 17.1 Å². The van der Waals surface area contributed by atoms with Crippen LogP contribution in [-0.2, 0) is 0 Å². The molecule has 116 valence electrons. The minimum Gasteiger partial charge on any atom is -0.334 e. The molecule has 2 aliphatic heterocycles. The van der Waals surface area contributed by atoms with Crippen LogP contribution in [0.5, 0.6) is 0 Å². The van der Waals surface area contributed by atoms with Crippen molar-refractivity contribution < 1.29 is 13.2 Å². The highest BCUT2D eigenvalue weighted by atomic mass is 19.4. The van der Waals surface area contributed by atoms with Gasteiger partial charge in [0, 0.05) is 12.0 Å². The highest BCUT2D eigenvalue weighted by Gasteiger charge is 2.50. The third-order valence-corrected chi connectivity index (χ3v) is 5.10. The fourth-order valence-corrected chi connectivity index (χ4v) is 4.19. The van der Waals surface area contributed by atoms with Crippen molar-refractivity contribution in [3.8, 4) is 0 Å². The van der Waals surface area contributed by atoms with Gasteiger partial charge < -0.3 is 4.90 Å². The van der Waals surface area contributed by atoms with Crippen molar-refractivity contribution in [2.75, 3.05) is 4.90 Å². The van der Waals surface area contributed by atoms with Gasteiger partial charge in [-0.2, -0.15) is 13.2 Å². The lowest BCUT2D eigenvalue weighted by molar-refractivity contribution is -0.0583. The van der Waals surface area contributed by atoms with Crippen LogP contribution in [0.1, 0.15) is 32.6 Å². The monoisotopic (exact) mass is 306 g/mol. The summed E-state index contributed by atoms with van der Waals surface area (Å²) >= 11 is 0. The lowest BCUT2D eigenvalue weighted by Gasteiger charge is -2.38. The number of hydrogen-bond acceptors (Lipinski definition) is 2. The second kappa shape index (κ2) is 4.61. The molecular formula is C17H17F3N2. The van der Waals surface area contributed by atoms with Crippen LogP contribution in [-0.4, -0.2) is 17.9 Å². The van der Waals surface area contributed by atoms with E-state index in [2.05, 4.69) is 4.99 Å². The van der Waals surface area contributed by atoms with E-state index in [0.29, 0.717) is 11.4 Å². The van der Waals surface area contributed by atoms with E-state index in [-0.39, 0.29) is 12.0 Å². The number of anilines is 1. The Hall–Kier alpha value is -1.78. The highest BCUT2D eigenvalue weighted by Crippen LogP contribution is 2.51. The van der Waals surface area contributed by atoms with Crippen LogP contribution in [0.4, 0.5) is 24.5 Å². The van der Waals surface area contributed by atoms with E-state index in [0.717, 1.165) is 36.9 Å². The number of allylic oxidation sites excluding steroid dienone is 1. The number of para-hydroxylation sites is 2. The summed E-state index contributed by atoms with van der Waals surface area (Å²) in [5.41, 5.74) is 1.69. The number of rotatable bonds is 0. The third kappa shape index (κ3) is 1.84. The van der Waals surface area contributed by atoms with Gasteiger partial charge in [0.2, 0.25) is 0 Å². The number of halogens is 3. The van der Waals surface area contributed by atoms with E-state index in [1.54, 1.807) is 12.1 Å². The minimum absolute atomic E-state index is 0.151. The van der Waals surface area contributed by atoms with Gasteiger partial charge in [-0.3, -0.25) is 0 Å². The molecule has 0 unspecified atom stereocenters. The van der Waals surface area contributed by atoms with Crippen LogP contribution < -0.4 is 4.90 Å². The molecule has 0 aromatic heterocycles. The van der Waals surface area contributed by atoms with Crippen molar-refractivity contribution in [3.05, 3.63) is 35.5 Å². The summed E-state index contributed by atoms with van der Waals surface area (Å²) in [7, 11) is 0. The van der Waals surface area contributed by atoms with E-state index in [9.17, 15) is 13.2 Å². The molecule has 0 N–H and O–H groups in total. The third-order valence-electron chi connectivity index (χ3n) is 5.10. The van der Waals surface area contributed by atoms with Crippen LogP contribution >= 0.6 is 0 Å². The zero-order chi connectivity index (χ0) is 15.5. The van der Waals surface area contributed by atoms with Crippen molar-refractivity contribution in [1.82, 2.24) is 0 Å². The fourth-order valence-electron chi connectivity index (χ4n) is 4.19. The summed E-state index contributed by atoms with van der Waals surface area (Å²) in [6, 6.07) is 7.32. The zero-order valence-electron chi connectivity index (χ0n) is 12.3. The molecular weight excluding hydrogens is 289 g/mol. The number of benzene rings is 1. The molecule has 1 aromatic rings. The normalized spacial score (nSPS) is 27.3. The Morgan fingerprint density at radius 3 is 2.64 bits per heavy atom. The van der Waals surface area contributed by atoms with Gasteiger partial charge in [0.25, 0.3) is 0 Å². The van der Waals surface area contributed by atoms with Crippen LogP contribution in [0, 0.1) is 5.92 Å². The SMILES string of the molecule is CC1=C2C(C(F)(F)F)=Nc3ccccc3N2[C@@H]2CCCC[C@H]12. The molecule has 0 amide bonds. The fraction of sp³-hybridized carbons (Fsp3) is 0.471. The summed E-state index contributed by atoms with van der Waals surface area (Å²) in [6.45, 7) is 1.85. The largest absolute Gasteiger partial charge is 0.435 e. The van der Waals surface area contributed by atoms with Crippen LogP contribution in [0.25, 0.3) is 0 Å². The molecule has 0 spiro atoms. The van der Waals surface area contributed by atoms with E-state index < -0.39 is 11.9 Å². The summed E-state index contributed by atoms with van der Waals surface area (Å²) < 4.78 is 40.6. The van der Waals surface area contributed by atoms with Crippen molar-refractivity contribution in [3.63, 3.8) is 0 Å². The maximum atomic E-state index is 13.5. The molecule has 2 nitrogen and oxygen atoms in total. The van der Waals surface area contributed by atoms with Gasteiger partial charge in [-0.1, -0.05) is 25.0 Å². The first-order valence-corrected chi connectivity index (χ1v) is 7.74. The van der Waals surface area contributed by atoms with Crippen LogP contribution in [0.2, 0.25) is 0 Å².